The number of carbonyl (C=O) groups is 1. The maximum absolute atomic E-state index is 11.5. The van der Waals surface area contributed by atoms with E-state index in [2.05, 4.69) is 4.90 Å². The summed E-state index contributed by atoms with van der Waals surface area (Å²) in [5, 5.41) is 9.43. The Morgan fingerprint density at radius 3 is 2.11 bits per heavy atom. The van der Waals surface area contributed by atoms with Gasteiger partial charge in [0.15, 0.2) is 0 Å². The second-order valence-electron chi connectivity index (χ2n) is 4.60. The van der Waals surface area contributed by atoms with Gasteiger partial charge in [0.25, 0.3) is 0 Å². The van der Waals surface area contributed by atoms with Gasteiger partial charge in [0.1, 0.15) is 6.04 Å². The first-order chi connectivity index (χ1) is 8.29. The lowest BCUT2D eigenvalue weighted by Gasteiger charge is -2.27. The van der Waals surface area contributed by atoms with Crippen LogP contribution >= 0.6 is 12.4 Å². The number of nitrogens with zero attached hydrogens (tertiary/aromatic N) is 1. The predicted molar refractivity (Wildman–Crippen MR) is 74.1 cm³/mol. The summed E-state index contributed by atoms with van der Waals surface area (Å²) in [4.78, 5) is 13.6. The molecule has 0 spiro atoms. The van der Waals surface area contributed by atoms with Crippen molar-refractivity contribution in [2.75, 3.05) is 13.1 Å². The van der Waals surface area contributed by atoms with Crippen molar-refractivity contribution in [3.8, 4) is 0 Å². The Morgan fingerprint density at radius 2 is 1.61 bits per heavy atom. The number of rotatable bonds is 3. The summed E-state index contributed by atoms with van der Waals surface area (Å²) in [5.74, 6) is -0.738. The smallest absolute Gasteiger partial charge is 0.325 e. The molecule has 3 nitrogen and oxygen atoms in total. The van der Waals surface area contributed by atoms with E-state index < -0.39 is 12.0 Å². The van der Waals surface area contributed by atoms with Crippen LogP contribution in [0.2, 0.25) is 0 Å². The fraction of sp³-hybridized carbons (Fsp3) is 0.500. The van der Waals surface area contributed by atoms with Crippen molar-refractivity contribution in [1.82, 2.24) is 4.90 Å². The van der Waals surface area contributed by atoms with Crippen molar-refractivity contribution < 1.29 is 9.90 Å². The van der Waals surface area contributed by atoms with Crippen molar-refractivity contribution in [1.29, 1.82) is 0 Å². The maximum atomic E-state index is 11.5. The van der Waals surface area contributed by atoms with Crippen LogP contribution in [0.4, 0.5) is 0 Å². The third-order valence-corrected chi connectivity index (χ3v) is 3.36. The second kappa shape index (κ2) is 7.39. The second-order valence-corrected chi connectivity index (χ2v) is 4.60. The first-order valence-corrected chi connectivity index (χ1v) is 6.31. The van der Waals surface area contributed by atoms with Gasteiger partial charge in [0.05, 0.1) is 0 Å². The summed E-state index contributed by atoms with van der Waals surface area (Å²) in [7, 11) is 0. The summed E-state index contributed by atoms with van der Waals surface area (Å²) in [6.07, 6.45) is 4.66. The highest BCUT2D eigenvalue weighted by Crippen LogP contribution is 2.24. The Labute approximate surface area is 114 Å². The Balaban J connectivity index is 0.00000162. The van der Waals surface area contributed by atoms with Crippen LogP contribution in [0.5, 0.6) is 0 Å². The average Bonchev–Trinajstić information content (AvgIpc) is 2.59. The lowest BCUT2D eigenvalue weighted by atomic mass is 10.1. The predicted octanol–water partition coefficient (Wildman–Crippen LogP) is 3.11. The highest BCUT2D eigenvalue weighted by atomic mass is 35.5. The van der Waals surface area contributed by atoms with E-state index in [-0.39, 0.29) is 12.4 Å². The van der Waals surface area contributed by atoms with Gasteiger partial charge in [-0.3, -0.25) is 9.69 Å². The lowest BCUT2D eigenvalue weighted by Crippen LogP contribution is -2.34. The van der Waals surface area contributed by atoms with E-state index in [0.29, 0.717) is 0 Å². The van der Waals surface area contributed by atoms with Crippen molar-refractivity contribution in [3.05, 3.63) is 35.9 Å². The molecular weight excluding hydrogens is 250 g/mol. The molecule has 100 valence electrons. The van der Waals surface area contributed by atoms with Gasteiger partial charge in [-0.05, 0) is 31.5 Å². The fourth-order valence-corrected chi connectivity index (χ4v) is 2.50. The molecule has 1 aromatic rings. The molecule has 1 heterocycles. The number of aliphatic carboxylic acids is 1. The summed E-state index contributed by atoms with van der Waals surface area (Å²) in [6, 6.07) is 9.07. The van der Waals surface area contributed by atoms with E-state index >= 15 is 0 Å². The van der Waals surface area contributed by atoms with Crippen LogP contribution in [0.15, 0.2) is 30.3 Å². The third-order valence-electron chi connectivity index (χ3n) is 3.36. The molecule has 1 aliphatic heterocycles. The van der Waals surface area contributed by atoms with E-state index in [4.69, 9.17) is 0 Å². The van der Waals surface area contributed by atoms with Crippen LogP contribution < -0.4 is 0 Å². The Morgan fingerprint density at radius 1 is 1.06 bits per heavy atom. The fourth-order valence-electron chi connectivity index (χ4n) is 2.50. The van der Waals surface area contributed by atoms with E-state index in [9.17, 15) is 9.90 Å². The Kier molecular flexibility index (Phi) is 6.16. The summed E-state index contributed by atoms with van der Waals surface area (Å²) in [6.45, 7) is 1.79. The van der Waals surface area contributed by atoms with Crippen LogP contribution in [-0.4, -0.2) is 29.1 Å². The topological polar surface area (TPSA) is 40.5 Å². The monoisotopic (exact) mass is 269 g/mol. The summed E-state index contributed by atoms with van der Waals surface area (Å²) < 4.78 is 0. The normalized spacial score (nSPS) is 18.4. The molecule has 0 amide bonds. The van der Waals surface area contributed by atoms with Crippen molar-refractivity contribution in [2.24, 2.45) is 0 Å². The standard InChI is InChI=1S/C14H19NO2.ClH/c16-14(17)13(12-8-4-3-5-9-12)15-10-6-1-2-7-11-15;/h3-5,8-9,13H,1-2,6-7,10-11H2,(H,16,17);1H. The van der Waals surface area contributed by atoms with E-state index in [1.54, 1.807) is 0 Å². The molecule has 1 aromatic carbocycles. The SMILES string of the molecule is Cl.O=C(O)C(c1ccccc1)N1CCCCCC1. The molecule has 1 unspecified atom stereocenters. The minimum absolute atomic E-state index is 0. The maximum Gasteiger partial charge on any atom is 0.325 e. The number of carboxylic acids is 1. The largest absolute Gasteiger partial charge is 0.480 e. The van der Waals surface area contributed by atoms with Crippen LogP contribution in [0.25, 0.3) is 0 Å². The van der Waals surface area contributed by atoms with Crippen LogP contribution in [-0.2, 0) is 4.79 Å². The molecule has 0 saturated carbocycles. The Bertz CT molecular complexity index is 361. The molecule has 1 fully saturated rings. The van der Waals surface area contributed by atoms with E-state index in [1.807, 2.05) is 30.3 Å². The molecule has 1 atom stereocenters. The number of likely N-dealkylation sites (tertiary alicyclic amines) is 1. The summed E-state index contributed by atoms with van der Waals surface area (Å²) >= 11 is 0. The van der Waals surface area contributed by atoms with Gasteiger partial charge in [-0.15, -0.1) is 12.4 Å². The van der Waals surface area contributed by atoms with Gasteiger partial charge >= 0.3 is 5.97 Å². The van der Waals surface area contributed by atoms with Gasteiger partial charge in [-0.1, -0.05) is 43.2 Å². The third kappa shape index (κ3) is 3.72. The lowest BCUT2D eigenvalue weighted by molar-refractivity contribution is -0.143. The molecule has 4 heteroatoms. The molecule has 0 bridgehead atoms. The number of carboxylic acid groups (broad SMARTS) is 1. The Hall–Kier alpha value is -1.06. The highest BCUT2D eigenvalue weighted by molar-refractivity contribution is 5.85. The highest BCUT2D eigenvalue weighted by Gasteiger charge is 2.27. The molecule has 0 aliphatic carbocycles. The number of benzene rings is 1. The van der Waals surface area contributed by atoms with Crippen molar-refractivity contribution in [3.63, 3.8) is 0 Å². The zero-order chi connectivity index (χ0) is 12.1. The molecule has 2 rings (SSSR count). The van der Waals surface area contributed by atoms with Gasteiger partial charge in [0.2, 0.25) is 0 Å². The van der Waals surface area contributed by atoms with Crippen molar-refractivity contribution in [2.45, 2.75) is 31.7 Å². The molecule has 0 radical (unpaired) electrons. The number of hydrogen-bond donors (Lipinski definition) is 1. The quantitative estimate of drug-likeness (QED) is 0.917. The summed E-state index contributed by atoms with van der Waals surface area (Å²) in [5.41, 5.74) is 0.891. The van der Waals surface area contributed by atoms with Gasteiger partial charge in [-0.25, -0.2) is 0 Å². The van der Waals surface area contributed by atoms with Gasteiger partial charge in [0, 0.05) is 0 Å². The van der Waals surface area contributed by atoms with Crippen LogP contribution in [0, 0.1) is 0 Å². The zero-order valence-electron chi connectivity index (χ0n) is 10.4. The first-order valence-electron chi connectivity index (χ1n) is 6.31. The number of hydrogen-bond acceptors (Lipinski definition) is 2. The average molecular weight is 270 g/mol. The van der Waals surface area contributed by atoms with Gasteiger partial charge in [-0.2, -0.15) is 0 Å². The molecule has 1 aliphatic rings. The minimum atomic E-state index is -0.738. The molecule has 0 aromatic heterocycles. The molecule has 1 saturated heterocycles. The zero-order valence-corrected chi connectivity index (χ0v) is 11.2. The van der Waals surface area contributed by atoms with E-state index in [1.165, 1.54) is 12.8 Å². The minimum Gasteiger partial charge on any atom is -0.480 e. The first kappa shape index (κ1) is 15.0. The van der Waals surface area contributed by atoms with Crippen LogP contribution in [0.1, 0.15) is 37.3 Å². The molecule has 18 heavy (non-hydrogen) atoms. The van der Waals surface area contributed by atoms with Crippen molar-refractivity contribution >= 4 is 18.4 Å². The van der Waals surface area contributed by atoms with Gasteiger partial charge < -0.3 is 5.11 Å². The van der Waals surface area contributed by atoms with E-state index in [0.717, 1.165) is 31.5 Å². The molecule has 1 N–H and O–H groups in total. The number of halogens is 1. The van der Waals surface area contributed by atoms with Crippen LogP contribution in [0.3, 0.4) is 0 Å². The molecular formula is C14H20ClNO2.